The highest BCUT2D eigenvalue weighted by atomic mass is 16.5. The molecule has 26 heavy (non-hydrogen) atoms. The van der Waals surface area contributed by atoms with Crippen LogP contribution in [0.15, 0.2) is 42.5 Å². The predicted octanol–water partition coefficient (Wildman–Crippen LogP) is 4.37. The zero-order valence-corrected chi connectivity index (χ0v) is 15.5. The lowest BCUT2D eigenvalue weighted by Crippen LogP contribution is -2.27. The fourth-order valence-electron chi connectivity index (χ4n) is 3.53. The Balaban J connectivity index is 1.92. The zero-order valence-electron chi connectivity index (χ0n) is 15.5. The van der Waals surface area contributed by atoms with Crippen molar-refractivity contribution in [2.24, 2.45) is 0 Å². The molecule has 0 aromatic heterocycles. The van der Waals surface area contributed by atoms with Crippen molar-refractivity contribution in [1.82, 2.24) is 0 Å². The molecular weight excluding hydrogens is 324 g/mol. The second kappa shape index (κ2) is 7.35. The van der Waals surface area contributed by atoms with Crippen LogP contribution >= 0.6 is 0 Å². The van der Waals surface area contributed by atoms with Gasteiger partial charge in [-0.25, -0.2) is 4.79 Å². The Morgan fingerprint density at radius 1 is 1.19 bits per heavy atom. The number of hydrogen-bond acceptors (Lipinski definition) is 3. The van der Waals surface area contributed by atoms with Gasteiger partial charge in [0.1, 0.15) is 0 Å². The summed E-state index contributed by atoms with van der Waals surface area (Å²) in [4.78, 5) is 11.7. The van der Waals surface area contributed by atoms with Crippen LogP contribution in [0.4, 0.5) is 0 Å². The van der Waals surface area contributed by atoms with E-state index in [1.54, 1.807) is 19.1 Å². The third kappa shape index (κ3) is 3.66. The largest absolute Gasteiger partial charge is 0.462 e. The summed E-state index contributed by atoms with van der Waals surface area (Å²) in [6.45, 7) is 6.56. The van der Waals surface area contributed by atoms with Crippen LogP contribution in [0.1, 0.15) is 72.3 Å². The molecule has 1 aliphatic rings. The molecule has 2 aromatic rings. The summed E-state index contributed by atoms with van der Waals surface area (Å²) in [5.74, 6) is 6.12. The molecule has 1 aliphatic carbocycles. The Kier molecular flexibility index (Phi) is 5.15. The first-order valence-corrected chi connectivity index (χ1v) is 9.03. The lowest BCUT2D eigenvalue weighted by Gasteiger charge is -2.36. The molecule has 3 rings (SSSR count). The van der Waals surface area contributed by atoms with E-state index in [4.69, 9.17) is 4.74 Å². The number of ether oxygens (including phenoxy) is 1. The van der Waals surface area contributed by atoms with Crippen LogP contribution in [0.2, 0.25) is 0 Å². The Hall–Kier alpha value is -2.57. The summed E-state index contributed by atoms with van der Waals surface area (Å²) in [5, 5.41) is 10.3. The Bertz CT molecular complexity index is 867. The third-order valence-corrected chi connectivity index (χ3v) is 4.91. The average molecular weight is 348 g/mol. The average Bonchev–Trinajstić information content (AvgIpc) is 2.64. The van der Waals surface area contributed by atoms with Crippen molar-refractivity contribution in [3.05, 3.63) is 70.3 Å². The van der Waals surface area contributed by atoms with E-state index in [-0.39, 0.29) is 11.4 Å². The summed E-state index contributed by atoms with van der Waals surface area (Å²) in [6, 6.07) is 13.1. The molecule has 0 radical (unpaired) electrons. The fraction of sp³-hybridized carbons (Fsp3) is 0.348. The molecule has 0 fully saturated rings. The molecule has 3 nitrogen and oxygen atoms in total. The van der Waals surface area contributed by atoms with Crippen LogP contribution in [0, 0.1) is 11.8 Å². The van der Waals surface area contributed by atoms with Crippen molar-refractivity contribution in [3.63, 3.8) is 0 Å². The van der Waals surface area contributed by atoms with Crippen molar-refractivity contribution in [1.29, 1.82) is 0 Å². The van der Waals surface area contributed by atoms with Crippen LogP contribution in [-0.2, 0) is 10.2 Å². The van der Waals surface area contributed by atoms with Gasteiger partial charge in [0.25, 0.3) is 0 Å². The Labute approximate surface area is 155 Å². The second-order valence-corrected chi connectivity index (χ2v) is 7.26. The molecule has 2 aromatic carbocycles. The van der Waals surface area contributed by atoms with Gasteiger partial charge >= 0.3 is 5.97 Å². The van der Waals surface area contributed by atoms with Gasteiger partial charge in [0.15, 0.2) is 0 Å². The summed E-state index contributed by atoms with van der Waals surface area (Å²) in [5.41, 5.74) is 4.46. The summed E-state index contributed by atoms with van der Waals surface area (Å²) in [7, 11) is 0. The van der Waals surface area contributed by atoms with Gasteiger partial charge < -0.3 is 9.84 Å². The fourth-order valence-corrected chi connectivity index (χ4v) is 3.53. The number of fused-ring (bicyclic) bond motifs is 1. The maximum Gasteiger partial charge on any atom is 0.338 e. The quantitative estimate of drug-likeness (QED) is 0.648. The number of aliphatic hydroxyl groups is 1. The van der Waals surface area contributed by atoms with E-state index >= 15 is 0 Å². The van der Waals surface area contributed by atoms with Gasteiger partial charge in [-0.05, 0) is 66.6 Å². The van der Waals surface area contributed by atoms with E-state index in [1.807, 2.05) is 30.3 Å². The monoisotopic (exact) mass is 348 g/mol. The van der Waals surface area contributed by atoms with Gasteiger partial charge in [0.05, 0.1) is 18.3 Å². The molecule has 0 aliphatic heterocycles. The summed E-state index contributed by atoms with van der Waals surface area (Å²) < 4.78 is 4.99. The third-order valence-electron chi connectivity index (χ3n) is 4.91. The lowest BCUT2D eigenvalue weighted by molar-refractivity contribution is 0.0526. The lowest BCUT2D eigenvalue weighted by atomic mass is 9.70. The minimum atomic E-state index is -0.413. The van der Waals surface area contributed by atoms with E-state index in [2.05, 4.69) is 25.7 Å². The molecular formula is C23H24O3. The van der Waals surface area contributed by atoms with Gasteiger partial charge in [-0.3, -0.25) is 0 Å². The van der Waals surface area contributed by atoms with Crippen LogP contribution in [0.3, 0.4) is 0 Å². The summed E-state index contributed by atoms with van der Waals surface area (Å²) >= 11 is 0. The highest BCUT2D eigenvalue weighted by molar-refractivity contribution is 5.89. The van der Waals surface area contributed by atoms with E-state index in [0.717, 1.165) is 35.1 Å². The van der Waals surface area contributed by atoms with Crippen LogP contribution in [0.25, 0.3) is 0 Å². The molecule has 0 saturated carbocycles. The van der Waals surface area contributed by atoms with E-state index < -0.39 is 6.10 Å². The van der Waals surface area contributed by atoms with E-state index in [1.165, 1.54) is 0 Å². The van der Waals surface area contributed by atoms with Gasteiger partial charge in [-0.2, -0.15) is 0 Å². The molecule has 3 heteroatoms. The molecule has 1 N–H and O–H groups in total. The SMILES string of the molecule is CCOC(=O)c1ccc(C#Cc2cccc3c2C(C)(C)CCC3O)cc1. The smallest absolute Gasteiger partial charge is 0.338 e. The van der Waals surface area contributed by atoms with Crippen LogP contribution in [0.5, 0.6) is 0 Å². The van der Waals surface area contributed by atoms with E-state index in [9.17, 15) is 9.90 Å². The highest BCUT2D eigenvalue weighted by Crippen LogP contribution is 2.42. The van der Waals surface area contributed by atoms with Crippen LogP contribution in [-0.4, -0.2) is 17.7 Å². The first kappa shape index (κ1) is 18.2. The van der Waals surface area contributed by atoms with Gasteiger partial charge in [-0.1, -0.05) is 37.8 Å². The standard InChI is InChI=1S/C23H24O3/c1-4-26-22(25)18-12-9-16(10-13-18)8-11-17-6-5-7-19-20(24)14-15-23(2,3)21(17)19/h5-7,9-10,12-13,20,24H,4,14-15H2,1-3H3. The van der Waals surface area contributed by atoms with Crippen LogP contribution < -0.4 is 0 Å². The molecule has 1 unspecified atom stereocenters. The maximum atomic E-state index is 11.7. The molecule has 0 saturated heterocycles. The first-order chi connectivity index (χ1) is 12.4. The van der Waals surface area contributed by atoms with E-state index in [0.29, 0.717) is 12.2 Å². The number of rotatable bonds is 2. The normalized spacial score (nSPS) is 17.6. The topological polar surface area (TPSA) is 46.5 Å². The Morgan fingerprint density at radius 2 is 1.92 bits per heavy atom. The number of esters is 1. The maximum absolute atomic E-state index is 11.7. The number of aliphatic hydroxyl groups excluding tert-OH is 1. The van der Waals surface area contributed by atoms with Crippen molar-refractivity contribution < 1.29 is 14.6 Å². The molecule has 0 amide bonds. The number of carbonyl (C=O) groups excluding carboxylic acids is 1. The minimum Gasteiger partial charge on any atom is -0.462 e. The second-order valence-electron chi connectivity index (χ2n) is 7.26. The molecule has 0 spiro atoms. The zero-order chi connectivity index (χ0) is 18.7. The first-order valence-electron chi connectivity index (χ1n) is 9.03. The Morgan fingerprint density at radius 3 is 2.62 bits per heavy atom. The number of carbonyl (C=O) groups is 1. The van der Waals surface area contributed by atoms with Gasteiger partial charge in [-0.15, -0.1) is 0 Å². The van der Waals surface area contributed by atoms with Crippen molar-refractivity contribution in [2.45, 2.75) is 45.1 Å². The molecule has 1 atom stereocenters. The van der Waals surface area contributed by atoms with Crippen molar-refractivity contribution in [3.8, 4) is 11.8 Å². The van der Waals surface area contributed by atoms with Crippen molar-refractivity contribution >= 4 is 5.97 Å². The summed E-state index contributed by atoms with van der Waals surface area (Å²) in [6.07, 6.45) is 1.31. The predicted molar refractivity (Wildman–Crippen MR) is 102 cm³/mol. The molecule has 134 valence electrons. The minimum absolute atomic E-state index is 0.00634. The highest BCUT2D eigenvalue weighted by Gasteiger charge is 2.33. The number of benzene rings is 2. The van der Waals surface area contributed by atoms with Crippen molar-refractivity contribution in [2.75, 3.05) is 6.61 Å². The molecule has 0 heterocycles. The number of hydrogen-bond donors (Lipinski definition) is 1. The van der Waals surface area contributed by atoms with Gasteiger partial charge in [0.2, 0.25) is 0 Å². The van der Waals surface area contributed by atoms with Gasteiger partial charge in [0, 0.05) is 11.1 Å². The molecule has 0 bridgehead atoms.